The first kappa shape index (κ1) is 20.0. The van der Waals surface area contributed by atoms with Crippen LogP contribution in [0.2, 0.25) is 0 Å². The van der Waals surface area contributed by atoms with Crippen LogP contribution in [0.3, 0.4) is 0 Å². The molecule has 0 spiro atoms. The van der Waals surface area contributed by atoms with Crippen molar-refractivity contribution >= 4 is 31.8 Å². The van der Waals surface area contributed by atoms with Gasteiger partial charge in [0.05, 0.1) is 5.75 Å². The van der Waals surface area contributed by atoms with E-state index < -0.39 is 44.1 Å². The van der Waals surface area contributed by atoms with Crippen LogP contribution in [0.25, 0.3) is 0 Å². The van der Waals surface area contributed by atoms with Crippen LogP contribution in [0, 0.1) is 0 Å². The van der Waals surface area contributed by atoms with E-state index in [2.05, 4.69) is 5.32 Å². The zero-order valence-corrected chi connectivity index (χ0v) is 14.6. The maximum atomic E-state index is 11.9. The van der Waals surface area contributed by atoms with Crippen molar-refractivity contribution in [3.63, 3.8) is 0 Å². The molecule has 0 bridgehead atoms. The Labute approximate surface area is 129 Å². The average Bonchev–Trinajstić information content (AvgIpc) is 2.07. The summed E-state index contributed by atoms with van der Waals surface area (Å²) >= 11 is 0. The summed E-state index contributed by atoms with van der Waals surface area (Å²) in [5.74, 6) is -1.69. The molecule has 0 radical (unpaired) electrons. The average molecular weight is 344 g/mol. The van der Waals surface area contributed by atoms with Crippen LogP contribution in [0.15, 0.2) is 0 Å². The van der Waals surface area contributed by atoms with Crippen molar-refractivity contribution in [1.82, 2.24) is 5.32 Å². The van der Waals surface area contributed by atoms with E-state index in [-0.39, 0.29) is 0 Å². The number of halogens is 1. The molecule has 0 aliphatic carbocycles. The number of hydrogen-bond acceptors (Lipinski definition) is 6. The second-order valence-electron chi connectivity index (χ2n) is 6.44. The molecular weight excluding hydrogens is 322 g/mol. The van der Waals surface area contributed by atoms with Gasteiger partial charge in [0.1, 0.15) is 17.2 Å². The minimum atomic E-state index is -4.01. The van der Waals surface area contributed by atoms with E-state index in [0.717, 1.165) is 0 Å². The quantitative estimate of drug-likeness (QED) is 0.617. The number of amides is 1. The highest BCUT2D eigenvalue weighted by Gasteiger charge is 2.31. The standard InChI is InChI=1S/C12H22ClNO6S/c1-11(2,3)19-9(15)8(7-21(13,17)18)14-10(16)20-12(4,5)6/h8H,7H2,1-6H3,(H,14,16)/t8-/m1/s1. The Bertz CT molecular complexity index is 489. The predicted octanol–water partition coefficient (Wildman–Crippen LogP) is 1.79. The molecule has 7 nitrogen and oxygen atoms in total. The summed E-state index contributed by atoms with van der Waals surface area (Å²) in [6.07, 6.45) is -0.932. The molecule has 0 aromatic heterocycles. The van der Waals surface area contributed by atoms with Gasteiger partial charge in [-0.1, -0.05) is 0 Å². The molecule has 0 aliphatic heterocycles. The van der Waals surface area contributed by atoms with Crippen molar-refractivity contribution in [3.8, 4) is 0 Å². The minimum absolute atomic E-state index is 0.789. The Morgan fingerprint density at radius 3 is 1.81 bits per heavy atom. The number of alkyl carbamates (subject to hydrolysis) is 1. The van der Waals surface area contributed by atoms with E-state index in [1.54, 1.807) is 41.5 Å². The zero-order chi connectivity index (χ0) is 17.1. The summed E-state index contributed by atoms with van der Waals surface area (Å²) in [4.78, 5) is 23.6. The molecular formula is C12H22ClNO6S. The molecule has 1 N–H and O–H groups in total. The highest BCUT2D eigenvalue weighted by Crippen LogP contribution is 2.12. The van der Waals surface area contributed by atoms with Gasteiger partial charge in [0.15, 0.2) is 0 Å². The first-order valence-corrected chi connectivity index (χ1v) is 8.72. The first-order valence-electron chi connectivity index (χ1n) is 6.24. The van der Waals surface area contributed by atoms with Gasteiger partial charge in [-0.25, -0.2) is 18.0 Å². The molecule has 0 aromatic rings. The number of esters is 1. The Hall–Kier alpha value is -1.02. The van der Waals surface area contributed by atoms with Crippen LogP contribution in [-0.2, 0) is 23.3 Å². The summed E-state index contributed by atoms with van der Waals surface area (Å²) < 4.78 is 32.3. The maximum absolute atomic E-state index is 11.9. The third kappa shape index (κ3) is 11.3. The molecule has 21 heavy (non-hydrogen) atoms. The molecule has 0 heterocycles. The Balaban J connectivity index is 4.99. The normalized spacial score (nSPS) is 14.2. The van der Waals surface area contributed by atoms with Crippen LogP contribution in [-0.4, -0.2) is 43.5 Å². The topological polar surface area (TPSA) is 98.8 Å². The summed E-state index contributed by atoms with van der Waals surface area (Å²) in [5.41, 5.74) is -1.62. The first-order chi connectivity index (χ1) is 9.09. The molecule has 0 aromatic carbocycles. The van der Waals surface area contributed by atoms with E-state index >= 15 is 0 Å². The van der Waals surface area contributed by atoms with Crippen molar-refractivity contribution < 1.29 is 27.5 Å². The lowest BCUT2D eigenvalue weighted by molar-refractivity contribution is -0.156. The van der Waals surface area contributed by atoms with Crippen LogP contribution in [0.4, 0.5) is 4.79 Å². The van der Waals surface area contributed by atoms with E-state index in [9.17, 15) is 18.0 Å². The second kappa shape index (κ2) is 6.83. The lowest BCUT2D eigenvalue weighted by Crippen LogP contribution is -2.48. The van der Waals surface area contributed by atoms with Crippen molar-refractivity contribution in [3.05, 3.63) is 0 Å². The highest BCUT2D eigenvalue weighted by molar-refractivity contribution is 8.13. The monoisotopic (exact) mass is 343 g/mol. The minimum Gasteiger partial charge on any atom is -0.458 e. The van der Waals surface area contributed by atoms with Gasteiger partial charge in [0.25, 0.3) is 0 Å². The molecule has 0 rings (SSSR count). The number of carbonyl (C=O) groups excluding carboxylic acids is 2. The fourth-order valence-corrected chi connectivity index (χ4v) is 2.19. The van der Waals surface area contributed by atoms with Gasteiger partial charge < -0.3 is 14.8 Å². The summed E-state index contributed by atoms with van der Waals surface area (Å²) in [5, 5.41) is 2.15. The van der Waals surface area contributed by atoms with Crippen LogP contribution >= 0.6 is 10.7 Å². The van der Waals surface area contributed by atoms with E-state index in [0.29, 0.717) is 0 Å². The lowest BCUT2D eigenvalue weighted by atomic mass is 10.2. The van der Waals surface area contributed by atoms with E-state index in [1.807, 2.05) is 0 Å². The van der Waals surface area contributed by atoms with Crippen LogP contribution in [0.1, 0.15) is 41.5 Å². The van der Waals surface area contributed by atoms with Crippen molar-refractivity contribution in [2.24, 2.45) is 0 Å². The Morgan fingerprint density at radius 2 is 1.48 bits per heavy atom. The molecule has 0 saturated heterocycles. The third-order valence-electron chi connectivity index (χ3n) is 1.75. The predicted molar refractivity (Wildman–Crippen MR) is 78.6 cm³/mol. The summed E-state index contributed by atoms with van der Waals surface area (Å²) in [6.45, 7) is 9.74. The maximum Gasteiger partial charge on any atom is 0.408 e. The second-order valence-corrected chi connectivity index (χ2v) is 9.26. The van der Waals surface area contributed by atoms with Crippen LogP contribution < -0.4 is 5.32 Å². The smallest absolute Gasteiger partial charge is 0.408 e. The van der Waals surface area contributed by atoms with Gasteiger partial charge >= 0.3 is 12.1 Å². The Morgan fingerprint density at radius 1 is 1.05 bits per heavy atom. The molecule has 9 heteroatoms. The number of hydrogen-bond donors (Lipinski definition) is 1. The SMILES string of the molecule is CC(C)(C)OC(=O)N[C@H](CS(=O)(=O)Cl)C(=O)OC(C)(C)C. The molecule has 0 saturated carbocycles. The molecule has 1 atom stereocenters. The number of nitrogens with one attached hydrogen (secondary N) is 1. The summed E-state index contributed by atoms with van der Waals surface area (Å²) in [7, 11) is 1.12. The fraction of sp³-hybridized carbons (Fsp3) is 0.833. The number of carbonyl (C=O) groups is 2. The molecule has 0 unspecified atom stereocenters. The molecule has 1 amide bonds. The molecule has 124 valence electrons. The van der Waals surface area contributed by atoms with Crippen molar-refractivity contribution in [1.29, 1.82) is 0 Å². The van der Waals surface area contributed by atoms with Crippen molar-refractivity contribution in [2.75, 3.05) is 5.75 Å². The van der Waals surface area contributed by atoms with E-state index in [1.165, 1.54) is 0 Å². The number of ether oxygens (including phenoxy) is 2. The third-order valence-corrected chi connectivity index (χ3v) is 2.86. The lowest BCUT2D eigenvalue weighted by Gasteiger charge is -2.25. The largest absolute Gasteiger partial charge is 0.458 e. The highest BCUT2D eigenvalue weighted by atomic mass is 35.7. The van der Waals surface area contributed by atoms with Gasteiger partial charge in [0, 0.05) is 10.7 Å². The van der Waals surface area contributed by atoms with E-state index in [4.69, 9.17) is 20.2 Å². The zero-order valence-electron chi connectivity index (χ0n) is 13.0. The van der Waals surface area contributed by atoms with Gasteiger partial charge in [-0.3, -0.25) is 0 Å². The van der Waals surface area contributed by atoms with Gasteiger partial charge in [0.2, 0.25) is 9.05 Å². The number of rotatable bonds is 4. The van der Waals surface area contributed by atoms with Crippen LogP contribution in [0.5, 0.6) is 0 Å². The molecule has 0 aliphatic rings. The Kier molecular flexibility index (Phi) is 6.50. The van der Waals surface area contributed by atoms with Gasteiger partial charge in [-0.05, 0) is 41.5 Å². The fourth-order valence-electron chi connectivity index (χ4n) is 1.19. The van der Waals surface area contributed by atoms with Crippen molar-refractivity contribution in [2.45, 2.75) is 58.8 Å². The van der Waals surface area contributed by atoms with Gasteiger partial charge in [-0.2, -0.15) is 0 Å². The summed E-state index contributed by atoms with van der Waals surface area (Å²) in [6, 6.07) is -1.44. The molecule has 0 fully saturated rings. The van der Waals surface area contributed by atoms with Gasteiger partial charge in [-0.15, -0.1) is 0 Å².